The van der Waals surface area contributed by atoms with Crippen LogP contribution in [0.1, 0.15) is 0 Å². The Bertz CT molecular complexity index is 51.4. The average Bonchev–Trinajstić information content (AvgIpc) is 1.30. The molecule has 44 valence electrons. The van der Waals surface area contributed by atoms with E-state index in [9.17, 15) is 0 Å². The summed E-state index contributed by atoms with van der Waals surface area (Å²) in [6, 6.07) is 0. The summed E-state index contributed by atoms with van der Waals surface area (Å²) >= 11 is 9.81. The number of rotatable bonds is 1. The van der Waals surface area contributed by atoms with E-state index in [2.05, 4.69) is 47.8 Å². The van der Waals surface area contributed by atoms with Gasteiger partial charge in [-0.3, -0.25) is 0 Å². The van der Waals surface area contributed by atoms with Gasteiger partial charge in [-0.05, 0) is 0 Å². The summed E-state index contributed by atoms with van der Waals surface area (Å²) in [6.07, 6.45) is 0. The molecule has 0 atom stereocenters. The van der Waals surface area contributed by atoms with Crippen LogP contribution in [-0.4, -0.2) is 19.2 Å². The number of alkyl halides is 3. The van der Waals surface area contributed by atoms with Crippen LogP contribution in [-0.2, 0) is 4.43 Å². The van der Waals surface area contributed by atoms with E-state index in [4.69, 9.17) is 4.43 Å². The zero-order chi connectivity index (χ0) is 5.91. The molecule has 0 rings (SSSR count). The highest BCUT2D eigenvalue weighted by Crippen LogP contribution is 2.32. The van der Waals surface area contributed by atoms with Crippen molar-refractivity contribution in [3.05, 3.63) is 0 Å². The standard InChI is InChI=1S/C2H5Br3OSi/c3-2(4,5)1-6-7/h1H2,7H3. The highest BCUT2D eigenvalue weighted by Gasteiger charge is 2.15. The summed E-state index contributed by atoms with van der Waals surface area (Å²) in [7, 11) is 0.780. The molecular weight excluding hydrogens is 308 g/mol. The van der Waals surface area contributed by atoms with E-state index < -0.39 is 0 Å². The minimum Gasteiger partial charge on any atom is -0.425 e. The summed E-state index contributed by atoms with van der Waals surface area (Å²) < 4.78 is 4.70. The summed E-state index contributed by atoms with van der Waals surface area (Å²) in [4.78, 5) is 0. The fourth-order valence-electron chi connectivity index (χ4n) is 0.164. The van der Waals surface area contributed by atoms with E-state index in [1.54, 1.807) is 0 Å². The van der Waals surface area contributed by atoms with Gasteiger partial charge >= 0.3 is 0 Å². The van der Waals surface area contributed by atoms with Crippen molar-refractivity contribution in [2.45, 2.75) is 2.14 Å². The van der Waals surface area contributed by atoms with Crippen molar-refractivity contribution in [3.8, 4) is 0 Å². The van der Waals surface area contributed by atoms with Gasteiger partial charge in [-0.1, -0.05) is 47.8 Å². The Hall–Kier alpha value is 1.62. The largest absolute Gasteiger partial charge is 0.425 e. The summed E-state index contributed by atoms with van der Waals surface area (Å²) in [5.41, 5.74) is 0. The summed E-state index contributed by atoms with van der Waals surface area (Å²) in [6.45, 7) is 0.652. The molecule has 0 saturated heterocycles. The van der Waals surface area contributed by atoms with Gasteiger partial charge in [0.2, 0.25) is 0 Å². The maximum absolute atomic E-state index is 4.90. The molecule has 0 saturated carbocycles. The molecule has 5 heteroatoms. The Morgan fingerprint density at radius 2 is 1.86 bits per heavy atom. The fraction of sp³-hybridized carbons (Fsp3) is 1.00. The van der Waals surface area contributed by atoms with E-state index in [1.807, 2.05) is 0 Å². The van der Waals surface area contributed by atoms with E-state index in [0.29, 0.717) is 6.61 Å². The molecule has 0 aliphatic carbocycles. The molecule has 0 aromatic carbocycles. The van der Waals surface area contributed by atoms with Crippen LogP contribution in [0.25, 0.3) is 0 Å². The second kappa shape index (κ2) is 3.61. The molecule has 0 N–H and O–H groups in total. The third-order valence-electron chi connectivity index (χ3n) is 0.308. The predicted octanol–water partition coefficient (Wildman–Crippen LogP) is 1.12. The van der Waals surface area contributed by atoms with Gasteiger partial charge in [0.1, 0.15) is 10.5 Å². The van der Waals surface area contributed by atoms with Gasteiger partial charge in [0.25, 0.3) is 0 Å². The molecule has 0 fully saturated rings. The van der Waals surface area contributed by atoms with Crippen molar-refractivity contribution in [1.29, 1.82) is 0 Å². The van der Waals surface area contributed by atoms with Crippen LogP contribution >= 0.6 is 47.8 Å². The number of halogens is 3. The van der Waals surface area contributed by atoms with Crippen LogP contribution in [0.3, 0.4) is 0 Å². The molecule has 0 unspecified atom stereocenters. The lowest BCUT2D eigenvalue weighted by Crippen LogP contribution is -2.08. The Kier molecular flexibility index (Phi) is 4.44. The van der Waals surface area contributed by atoms with Crippen LogP contribution in [0.5, 0.6) is 0 Å². The Balaban J connectivity index is 3.15. The van der Waals surface area contributed by atoms with E-state index in [-0.39, 0.29) is 2.14 Å². The lowest BCUT2D eigenvalue weighted by Gasteiger charge is -2.08. The minimum atomic E-state index is -0.200. The van der Waals surface area contributed by atoms with Crippen LogP contribution in [0.4, 0.5) is 0 Å². The van der Waals surface area contributed by atoms with Crippen LogP contribution < -0.4 is 0 Å². The highest BCUT2D eigenvalue weighted by molar-refractivity contribution is 9.39. The van der Waals surface area contributed by atoms with E-state index >= 15 is 0 Å². The quantitative estimate of drug-likeness (QED) is 0.521. The molecule has 1 nitrogen and oxygen atoms in total. The molecule has 0 aliphatic rings. The zero-order valence-corrected chi connectivity index (χ0v) is 10.5. The van der Waals surface area contributed by atoms with Crippen LogP contribution in [0.15, 0.2) is 0 Å². The molecule has 0 aromatic heterocycles. The van der Waals surface area contributed by atoms with Crippen molar-refractivity contribution in [2.75, 3.05) is 6.61 Å². The van der Waals surface area contributed by atoms with Gasteiger partial charge in [-0.15, -0.1) is 0 Å². The first-order valence-corrected chi connectivity index (χ1v) is 4.81. The average molecular weight is 313 g/mol. The van der Waals surface area contributed by atoms with Crippen molar-refractivity contribution < 1.29 is 4.43 Å². The number of hydrogen-bond acceptors (Lipinski definition) is 1. The maximum atomic E-state index is 4.90. The molecule has 0 amide bonds. The minimum absolute atomic E-state index is 0.200. The Morgan fingerprint density at radius 3 is 1.86 bits per heavy atom. The zero-order valence-electron chi connectivity index (χ0n) is 3.75. The molecule has 0 spiro atoms. The smallest absolute Gasteiger partial charge is 0.156 e. The first-order valence-electron chi connectivity index (χ1n) is 1.62. The van der Waals surface area contributed by atoms with Gasteiger partial charge < -0.3 is 4.43 Å². The lowest BCUT2D eigenvalue weighted by atomic mass is 10.9. The molecule has 7 heavy (non-hydrogen) atoms. The number of hydrogen-bond donors (Lipinski definition) is 0. The second-order valence-corrected chi connectivity index (χ2v) is 8.88. The molecule has 0 aliphatic heterocycles. The van der Waals surface area contributed by atoms with Crippen molar-refractivity contribution >= 4 is 58.3 Å². The maximum Gasteiger partial charge on any atom is 0.156 e. The highest BCUT2D eigenvalue weighted by atomic mass is 80.0. The normalized spacial score (nSPS) is 12.4. The topological polar surface area (TPSA) is 9.23 Å². The van der Waals surface area contributed by atoms with E-state index in [0.717, 1.165) is 10.5 Å². The summed E-state index contributed by atoms with van der Waals surface area (Å²) in [5.74, 6) is 0. The summed E-state index contributed by atoms with van der Waals surface area (Å²) in [5, 5.41) is 0. The lowest BCUT2D eigenvalue weighted by molar-refractivity contribution is 0.370. The van der Waals surface area contributed by atoms with Crippen LogP contribution in [0, 0.1) is 0 Å². The third-order valence-corrected chi connectivity index (χ3v) is 1.28. The Labute approximate surface area is 71.1 Å². The Morgan fingerprint density at radius 1 is 1.43 bits per heavy atom. The molecule has 0 bridgehead atoms. The first kappa shape index (κ1) is 8.62. The monoisotopic (exact) mass is 310 g/mol. The van der Waals surface area contributed by atoms with Crippen molar-refractivity contribution in [3.63, 3.8) is 0 Å². The fourth-order valence-corrected chi connectivity index (χ4v) is 2.55. The van der Waals surface area contributed by atoms with Gasteiger partial charge in [-0.25, -0.2) is 0 Å². The van der Waals surface area contributed by atoms with Gasteiger partial charge in [0.15, 0.2) is 2.14 Å². The molecular formula is C2H5Br3OSi. The van der Waals surface area contributed by atoms with Crippen molar-refractivity contribution in [2.24, 2.45) is 0 Å². The van der Waals surface area contributed by atoms with Gasteiger partial charge in [0, 0.05) is 0 Å². The SMILES string of the molecule is [SiH3]OCC(Br)(Br)Br. The first-order chi connectivity index (χ1) is 3.06. The van der Waals surface area contributed by atoms with Crippen LogP contribution in [0.2, 0.25) is 0 Å². The third kappa shape index (κ3) is 7.62. The van der Waals surface area contributed by atoms with Crippen molar-refractivity contribution in [1.82, 2.24) is 0 Å². The van der Waals surface area contributed by atoms with Gasteiger partial charge in [0.05, 0.1) is 6.61 Å². The second-order valence-electron chi connectivity index (χ2n) is 1.05. The molecule has 0 aromatic rings. The van der Waals surface area contributed by atoms with Gasteiger partial charge in [-0.2, -0.15) is 0 Å². The van der Waals surface area contributed by atoms with E-state index in [1.165, 1.54) is 0 Å². The molecule has 0 radical (unpaired) electrons. The predicted molar refractivity (Wildman–Crippen MR) is 45.4 cm³/mol. The molecule has 0 heterocycles.